The summed E-state index contributed by atoms with van der Waals surface area (Å²) in [6.45, 7) is 6.31. The molecule has 0 amide bonds. The maximum atomic E-state index is 5.61. The SMILES string of the molecule is Cl.Cl.c1cc([C@@H](C2CCOCC2)N2CCNCC2)c2cc[nH]c2c1. The molecule has 0 saturated carbocycles. The quantitative estimate of drug-likeness (QED) is 0.868. The summed E-state index contributed by atoms with van der Waals surface area (Å²) in [7, 11) is 0. The minimum atomic E-state index is 0. The van der Waals surface area contributed by atoms with Crippen LogP contribution in [0.15, 0.2) is 30.5 Å². The van der Waals surface area contributed by atoms with E-state index in [4.69, 9.17) is 4.74 Å². The van der Waals surface area contributed by atoms with Crippen LogP contribution in [0.25, 0.3) is 10.9 Å². The summed E-state index contributed by atoms with van der Waals surface area (Å²) < 4.78 is 5.61. The Hall–Kier alpha value is -0.780. The lowest BCUT2D eigenvalue weighted by atomic mass is 9.84. The molecule has 0 aliphatic carbocycles. The molecule has 2 fully saturated rings. The number of nitrogens with one attached hydrogen (secondary N) is 2. The maximum absolute atomic E-state index is 5.61. The van der Waals surface area contributed by atoms with Gasteiger partial charge in [0, 0.05) is 62.5 Å². The first kappa shape index (κ1) is 19.5. The molecule has 6 heteroatoms. The fraction of sp³-hybridized carbons (Fsp3) is 0.556. The molecule has 2 aliphatic rings. The third kappa shape index (κ3) is 3.89. The summed E-state index contributed by atoms with van der Waals surface area (Å²) in [5.74, 6) is 0.701. The van der Waals surface area contributed by atoms with E-state index in [0.717, 1.165) is 39.4 Å². The predicted molar refractivity (Wildman–Crippen MR) is 104 cm³/mol. The summed E-state index contributed by atoms with van der Waals surface area (Å²) >= 11 is 0. The third-order valence-electron chi connectivity index (χ3n) is 5.20. The van der Waals surface area contributed by atoms with Crippen molar-refractivity contribution in [1.82, 2.24) is 15.2 Å². The summed E-state index contributed by atoms with van der Waals surface area (Å²) in [5, 5.41) is 4.87. The summed E-state index contributed by atoms with van der Waals surface area (Å²) in [6, 6.07) is 9.46. The van der Waals surface area contributed by atoms with Crippen LogP contribution in [0, 0.1) is 5.92 Å². The normalized spacial score (nSPS) is 21.0. The molecule has 0 unspecified atom stereocenters. The van der Waals surface area contributed by atoms with Crippen molar-refractivity contribution >= 4 is 35.7 Å². The summed E-state index contributed by atoms with van der Waals surface area (Å²) in [6.07, 6.45) is 4.41. The number of aromatic amines is 1. The second-order valence-electron chi connectivity index (χ2n) is 6.47. The van der Waals surface area contributed by atoms with Crippen molar-refractivity contribution in [1.29, 1.82) is 0 Å². The van der Waals surface area contributed by atoms with Gasteiger partial charge in [-0.2, -0.15) is 0 Å². The van der Waals surface area contributed by atoms with Crippen molar-refractivity contribution in [2.24, 2.45) is 5.92 Å². The lowest BCUT2D eigenvalue weighted by molar-refractivity contribution is 0.0217. The Kier molecular flexibility index (Phi) is 7.38. The molecular formula is C18H27Cl2N3O. The molecule has 2 aliphatic heterocycles. The number of halogens is 2. The summed E-state index contributed by atoms with van der Waals surface area (Å²) in [4.78, 5) is 6.05. The minimum absolute atomic E-state index is 0. The molecule has 2 N–H and O–H groups in total. The number of benzene rings is 1. The molecule has 4 rings (SSSR count). The highest BCUT2D eigenvalue weighted by atomic mass is 35.5. The molecule has 134 valence electrons. The Bertz CT molecular complexity index is 604. The van der Waals surface area contributed by atoms with E-state index in [9.17, 15) is 0 Å². The lowest BCUT2D eigenvalue weighted by Gasteiger charge is -2.41. The molecule has 4 nitrogen and oxygen atoms in total. The first-order valence-corrected chi connectivity index (χ1v) is 8.52. The van der Waals surface area contributed by atoms with Gasteiger partial charge >= 0.3 is 0 Å². The van der Waals surface area contributed by atoms with Crippen LogP contribution in [-0.4, -0.2) is 49.3 Å². The molecule has 1 aromatic heterocycles. The van der Waals surface area contributed by atoms with Crippen LogP contribution in [-0.2, 0) is 4.74 Å². The van der Waals surface area contributed by atoms with Crippen molar-refractivity contribution in [3.8, 4) is 0 Å². The third-order valence-corrected chi connectivity index (χ3v) is 5.20. The number of rotatable bonds is 3. The Morgan fingerprint density at radius 3 is 2.54 bits per heavy atom. The van der Waals surface area contributed by atoms with Gasteiger partial charge in [0.05, 0.1) is 0 Å². The van der Waals surface area contributed by atoms with Gasteiger partial charge in [-0.05, 0) is 36.5 Å². The second-order valence-corrected chi connectivity index (χ2v) is 6.47. The molecule has 24 heavy (non-hydrogen) atoms. The molecular weight excluding hydrogens is 345 g/mol. The zero-order valence-electron chi connectivity index (χ0n) is 13.9. The zero-order chi connectivity index (χ0) is 14.8. The van der Waals surface area contributed by atoms with Gasteiger partial charge in [-0.15, -0.1) is 24.8 Å². The Morgan fingerprint density at radius 1 is 1.04 bits per heavy atom. The predicted octanol–water partition coefficient (Wildman–Crippen LogP) is 3.38. The Morgan fingerprint density at radius 2 is 1.79 bits per heavy atom. The van der Waals surface area contributed by atoms with E-state index in [0.29, 0.717) is 12.0 Å². The lowest BCUT2D eigenvalue weighted by Crippen LogP contribution is -2.47. The average Bonchev–Trinajstić information content (AvgIpc) is 3.07. The van der Waals surface area contributed by atoms with E-state index in [2.05, 4.69) is 45.7 Å². The van der Waals surface area contributed by atoms with Gasteiger partial charge in [0.15, 0.2) is 0 Å². The van der Waals surface area contributed by atoms with Crippen LogP contribution in [0.3, 0.4) is 0 Å². The highest BCUT2D eigenvalue weighted by Gasteiger charge is 2.32. The molecule has 3 heterocycles. The number of aromatic nitrogens is 1. The Labute approximate surface area is 156 Å². The topological polar surface area (TPSA) is 40.3 Å². The zero-order valence-corrected chi connectivity index (χ0v) is 15.5. The number of hydrogen-bond donors (Lipinski definition) is 2. The van der Waals surface area contributed by atoms with Crippen LogP contribution in [0.5, 0.6) is 0 Å². The number of hydrogen-bond acceptors (Lipinski definition) is 3. The molecule has 0 spiro atoms. The largest absolute Gasteiger partial charge is 0.381 e. The first-order chi connectivity index (χ1) is 10.9. The van der Waals surface area contributed by atoms with Gasteiger partial charge in [0.2, 0.25) is 0 Å². The fourth-order valence-corrected chi connectivity index (χ4v) is 4.11. The van der Waals surface area contributed by atoms with Crippen LogP contribution >= 0.6 is 24.8 Å². The molecule has 0 radical (unpaired) electrons. The van der Waals surface area contributed by atoms with Crippen LogP contribution in [0.2, 0.25) is 0 Å². The standard InChI is InChI=1S/C18H25N3O.2ClH/c1-2-16(15-4-7-20-17(15)3-1)18(14-5-12-22-13-6-14)21-10-8-19-9-11-21;;/h1-4,7,14,18-20H,5-6,8-13H2;2*1H/t18-;;/m1../s1. The number of ether oxygens (including phenoxy) is 1. The van der Waals surface area contributed by atoms with Gasteiger partial charge < -0.3 is 15.0 Å². The van der Waals surface area contributed by atoms with E-state index < -0.39 is 0 Å². The highest BCUT2D eigenvalue weighted by Crippen LogP contribution is 2.38. The van der Waals surface area contributed by atoms with Crippen molar-refractivity contribution in [2.45, 2.75) is 18.9 Å². The van der Waals surface area contributed by atoms with Crippen molar-refractivity contribution in [3.63, 3.8) is 0 Å². The van der Waals surface area contributed by atoms with E-state index in [-0.39, 0.29) is 24.8 Å². The number of fused-ring (bicyclic) bond motifs is 1. The molecule has 1 atom stereocenters. The smallest absolute Gasteiger partial charge is 0.0469 e. The van der Waals surface area contributed by atoms with Crippen molar-refractivity contribution in [2.75, 3.05) is 39.4 Å². The minimum Gasteiger partial charge on any atom is -0.381 e. The van der Waals surface area contributed by atoms with Gasteiger partial charge in [-0.25, -0.2) is 0 Å². The average molecular weight is 372 g/mol. The Balaban J connectivity index is 0.00000104. The number of nitrogens with zero attached hydrogens (tertiary/aromatic N) is 1. The van der Waals surface area contributed by atoms with E-state index in [1.807, 2.05) is 0 Å². The number of H-pyrrole nitrogens is 1. The molecule has 2 saturated heterocycles. The van der Waals surface area contributed by atoms with Gasteiger partial charge in [0.25, 0.3) is 0 Å². The van der Waals surface area contributed by atoms with E-state index >= 15 is 0 Å². The maximum Gasteiger partial charge on any atom is 0.0469 e. The monoisotopic (exact) mass is 371 g/mol. The van der Waals surface area contributed by atoms with Crippen LogP contribution in [0.4, 0.5) is 0 Å². The van der Waals surface area contributed by atoms with Gasteiger partial charge in [-0.3, -0.25) is 4.90 Å². The van der Waals surface area contributed by atoms with Gasteiger partial charge in [0.1, 0.15) is 0 Å². The molecule has 0 bridgehead atoms. The van der Waals surface area contributed by atoms with Gasteiger partial charge in [-0.1, -0.05) is 12.1 Å². The van der Waals surface area contributed by atoms with Crippen molar-refractivity contribution in [3.05, 3.63) is 36.0 Å². The van der Waals surface area contributed by atoms with Crippen molar-refractivity contribution < 1.29 is 4.74 Å². The van der Waals surface area contributed by atoms with E-state index in [1.165, 1.54) is 29.3 Å². The fourth-order valence-electron chi connectivity index (χ4n) is 4.11. The second kappa shape index (κ2) is 9.07. The highest BCUT2D eigenvalue weighted by molar-refractivity contribution is 5.85. The van der Waals surface area contributed by atoms with Crippen LogP contribution < -0.4 is 5.32 Å². The number of piperazine rings is 1. The summed E-state index contributed by atoms with van der Waals surface area (Å²) in [5.41, 5.74) is 2.75. The molecule has 2 aromatic rings. The van der Waals surface area contributed by atoms with Crippen LogP contribution in [0.1, 0.15) is 24.4 Å². The molecule has 1 aromatic carbocycles. The van der Waals surface area contributed by atoms with E-state index in [1.54, 1.807) is 0 Å². The first-order valence-electron chi connectivity index (χ1n) is 8.52.